The Morgan fingerprint density at radius 1 is 1.00 bits per heavy atom. The highest BCUT2D eigenvalue weighted by Gasteiger charge is 2.20. The Balaban J connectivity index is 1.63. The van der Waals surface area contributed by atoms with Gasteiger partial charge >= 0.3 is 0 Å². The van der Waals surface area contributed by atoms with Gasteiger partial charge in [0.1, 0.15) is 11.6 Å². The predicted octanol–water partition coefficient (Wildman–Crippen LogP) is 3.80. The summed E-state index contributed by atoms with van der Waals surface area (Å²) < 4.78 is 11.6. The zero-order valence-electron chi connectivity index (χ0n) is 15.9. The van der Waals surface area contributed by atoms with E-state index >= 15 is 0 Å². The van der Waals surface area contributed by atoms with Crippen LogP contribution in [0.25, 0.3) is 0 Å². The zero-order chi connectivity index (χ0) is 18.7. The number of ether oxygens (including phenoxy) is 2. The molecule has 0 amide bonds. The number of hydrogen-bond donors (Lipinski definition) is 0. The molecule has 26 heavy (non-hydrogen) atoms. The minimum atomic E-state index is 0.634. The maximum atomic E-state index is 5.42. The largest absolute Gasteiger partial charge is 0.496 e. The van der Waals surface area contributed by atoms with Gasteiger partial charge in [0.15, 0.2) is 0 Å². The van der Waals surface area contributed by atoms with Crippen molar-refractivity contribution >= 4 is 21.7 Å². The quantitative estimate of drug-likeness (QED) is 0.736. The van der Waals surface area contributed by atoms with Gasteiger partial charge in [0.25, 0.3) is 0 Å². The molecule has 0 saturated carbocycles. The lowest BCUT2D eigenvalue weighted by molar-refractivity contribution is 0.248. The lowest BCUT2D eigenvalue weighted by Gasteiger charge is -2.35. The monoisotopic (exact) mass is 419 g/mol. The van der Waals surface area contributed by atoms with Crippen LogP contribution in [0, 0.1) is 13.8 Å². The van der Waals surface area contributed by atoms with Crippen molar-refractivity contribution in [2.45, 2.75) is 20.4 Å². The second-order valence-electron chi connectivity index (χ2n) is 6.67. The Bertz CT molecular complexity index is 774. The molecule has 140 valence electrons. The number of pyridine rings is 1. The lowest BCUT2D eigenvalue weighted by atomic mass is 10.0. The highest BCUT2D eigenvalue weighted by atomic mass is 79.9. The van der Waals surface area contributed by atoms with Crippen molar-refractivity contribution in [1.82, 2.24) is 9.88 Å². The van der Waals surface area contributed by atoms with Gasteiger partial charge in [0, 0.05) is 32.7 Å². The summed E-state index contributed by atoms with van der Waals surface area (Å²) in [7, 11) is 3.37. The molecule has 5 nitrogen and oxygen atoms in total. The van der Waals surface area contributed by atoms with Crippen LogP contribution in [0.3, 0.4) is 0 Å². The number of halogens is 1. The summed E-state index contributed by atoms with van der Waals surface area (Å²) in [6.45, 7) is 9.20. The van der Waals surface area contributed by atoms with Crippen molar-refractivity contribution in [1.29, 1.82) is 0 Å². The molecular formula is C20H26BrN3O2. The number of rotatable bonds is 5. The van der Waals surface area contributed by atoms with Gasteiger partial charge in [-0.15, -0.1) is 0 Å². The molecule has 3 rings (SSSR count). The zero-order valence-corrected chi connectivity index (χ0v) is 17.5. The molecule has 1 aliphatic heterocycles. The molecule has 0 spiro atoms. The Morgan fingerprint density at radius 3 is 2.38 bits per heavy atom. The number of aryl methyl sites for hydroxylation is 2. The first-order valence-corrected chi connectivity index (χ1v) is 9.63. The van der Waals surface area contributed by atoms with Gasteiger partial charge in [0.2, 0.25) is 5.88 Å². The summed E-state index contributed by atoms with van der Waals surface area (Å²) in [5.74, 6) is 2.57. The van der Waals surface area contributed by atoms with Crippen LogP contribution in [0.5, 0.6) is 11.6 Å². The van der Waals surface area contributed by atoms with E-state index in [4.69, 9.17) is 9.47 Å². The number of piperazine rings is 1. The van der Waals surface area contributed by atoms with Gasteiger partial charge in [-0.25, -0.2) is 0 Å². The van der Waals surface area contributed by atoms with E-state index in [1.165, 1.54) is 16.7 Å². The SMILES string of the molecule is COc1cc(C)c(CN2CCN(c3ccc(Br)c(OC)n3)CC2)cc1C. The molecule has 1 aliphatic rings. The molecule has 0 atom stereocenters. The molecule has 1 aromatic carbocycles. The molecule has 6 heteroatoms. The van der Waals surface area contributed by atoms with Gasteiger partial charge < -0.3 is 14.4 Å². The number of hydrogen-bond acceptors (Lipinski definition) is 5. The molecule has 0 unspecified atom stereocenters. The summed E-state index contributed by atoms with van der Waals surface area (Å²) in [6.07, 6.45) is 0. The molecule has 0 radical (unpaired) electrons. The number of nitrogens with zero attached hydrogens (tertiary/aromatic N) is 3. The summed E-state index contributed by atoms with van der Waals surface area (Å²) in [5.41, 5.74) is 3.85. The molecule has 1 saturated heterocycles. The van der Waals surface area contributed by atoms with Crippen molar-refractivity contribution in [3.8, 4) is 11.6 Å². The van der Waals surface area contributed by atoms with Crippen LogP contribution < -0.4 is 14.4 Å². The highest BCUT2D eigenvalue weighted by Crippen LogP contribution is 2.27. The maximum Gasteiger partial charge on any atom is 0.229 e. The third kappa shape index (κ3) is 4.13. The van der Waals surface area contributed by atoms with Crippen LogP contribution in [-0.2, 0) is 6.54 Å². The molecule has 0 bridgehead atoms. The third-order valence-corrected chi connectivity index (χ3v) is 5.54. The second-order valence-corrected chi connectivity index (χ2v) is 7.53. The van der Waals surface area contributed by atoms with E-state index in [2.05, 4.69) is 56.7 Å². The number of benzene rings is 1. The van der Waals surface area contributed by atoms with Crippen LogP contribution in [0.2, 0.25) is 0 Å². The van der Waals surface area contributed by atoms with E-state index < -0.39 is 0 Å². The second kappa shape index (κ2) is 8.27. The van der Waals surface area contributed by atoms with E-state index in [1.54, 1.807) is 14.2 Å². The molecule has 0 aliphatic carbocycles. The van der Waals surface area contributed by atoms with Gasteiger partial charge in [0.05, 0.1) is 18.7 Å². The van der Waals surface area contributed by atoms with Crippen LogP contribution in [-0.4, -0.2) is 50.3 Å². The van der Waals surface area contributed by atoms with E-state index in [9.17, 15) is 0 Å². The molecule has 1 aromatic heterocycles. The van der Waals surface area contributed by atoms with Gasteiger partial charge in [-0.3, -0.25) is 4.90 Å². The highest BCUT2D eigenvalue weighted by molar-refractivity contribution is 9.10. The first-order chi connectivity index (χ1) is 12.5. The fourth-order valence-electron chi connectivity index (χ4n) is 3.35. The molecule has 1 fully saturated rings. The van der Waals surface area contributed by atoms with Crippen LogP contribution in [0.15, 0.2) is 28.7 Å². The first-order valence-electron chi connectivity index (χ1n) is 8.83. The van der Waals surface area contributed by atoms with E-state index in [-0.39, 0.29) is 0 Å². The summed E-state index contributed by atoms with van der Waals surface area (Å²) in [6, 6.07) is 8.43. The van der Waals surface area contributed by atoms with Crippen molar-refractivity contribution in [3.63, 3.8) is 0 Å². The minimum Gasteiger partial charge on any atom is -0.496 e. The summed E-state index contributed by atoms with van der Waals surface area (Å²) in [5, 5.41) is 0. The lowest BCUT2D eigenvalue weighted by Crippen LogP contribution is -2.46. The molecule has 0 N–H and O–H groups in total. The average Bonchev–Trinajstić information content (AvgIpc) is 2.65. The first kappa shape index (κ1) is 19.0. The van der Waals surface area contributed by atoms with Crippen molar-refractivity contribution in [3.05, 3.63) is 45.4 Å². The van der Waals surface area contributed by atoms with Gasteiger partial charge in [-0.1, -0.05) is 6.07 Å². The molecule has 2 heterocycles. The Hall–Kier alpha value is -1.79. The average molecular weight is 420 g/mol. The minimum absolute atomic E-state index is 0.634. The Labute approximate surface area is 164 Å². The van der Waals surface area contributed by atoms with Crippen molar-refractivity contribution in [2.75, 3.05) is 45.3 Å². The normalized spacial score (nSPS) is 15.2. The number of aromatic nitrogens is 1. The van der Waals surface area contributed by atoms with Crippen LogP contribution in [0.1, 0.15) is 16.7 Å². The fraction of sp³-hybridized carbons (Fsp3) is 0.450. The van der Waals surface area contributed by atoms with Crippen LogP contribution in [0.4, 0.5) is 5.82 Å². The molecule has 2 aromatic rings. The maximum absolute atomic E-state index is 5.42. The third-order valence-electron chi connectivity index (χ3n) is 4.94. The van der Waals surface area contributed by atoms with Crippen molar-refractivity contribution < 1.29 is 9.47 Å². The van der Waals surface area contributed by atoms with E-state index in [1.807, 2.05) is 12.1 Å². The number of methoxy groups -OCH3 is 2. The topological polar surface area (TPSA) is 37.8 Å². The Morgan fingerprint density at radius 2 is 1.73 bits per heavy atom. The van der Waals surface area contributed by atoms with E-state index in [0.717, 1.165) is 48.8 Å². The standard InChI is InChI=1S/C20H26BrN3O2/c1-14-12-18(25-3)15(2)11-16(14)13-23-7-9-24(10-8-23)19-6-5-17(21)20(22-19)26-4/h5-6,11-12H,7-10,13H2,1-4H3. The Kier molecular flexibility index (Phi) is 6.04. The fourth-order valence-corrected chi connectivity index (χ4v) is 3.73. The predicted molar refractivity (Wildman–Crippen MR) is 108 cm³/mol. The van der Waals surface area contributed by atoms with E-state index in [0.29, 0.717) is 5.88 Å². The number of anilines is 1. The van der Waals surface area contributed by atoms with Crippen molar-refractivity contribution in [2.24, 2.45) is 0 Å². The molecular weight excluding hydrogens is 394 g/mol. The summed E-state index contributed by atoms with van der Waals surface area (Å²) in [4.78, 5) is 9.41. The summed E-state index contributed by atoms with van der Waals surface area (Å²) >= 11 is 3.46. The van der Waals surface area contributed by atoms with Crippen LogP contribution >= 0.6 is 15.9 Å². The van der Waals surface area contributed by atoms with Gasteiger partial charge in [-0.2, -0.15) is 4.98 Å². The smallest absolute Gasteiger partial charge is 0.229 e. The van der Waals surface area contributed by atoms with Gasteiger partial charge in [-0.05, 0) is 64.7 Å².